The van der Waals surface area contributed by atoms with Crippen LogP contribution < -0.4 is 16.0 Å². The quantitative estimate of drug-likeness (QED) is 0.280. The van der Waals surface area contributed by atoms with Crippen molar-refractivity contribution in [2.45, 2.75) is 71.4 Å². The number of oxazole rings is 1. The minimum Gasteiger partial charge on any atom is -0.496 e. The summed E-state index contributed by atoms with van der Waals surface area (Å²) in [4.78, 5) is 47.8. The first-order valence-corrected chi connectivity index (χ1v) is 15.9. The Balaban J connectivity index is 1.56. The number of para-hydroxylation sites is 1. The van der Waals surface area contributed by atoms with E-state index in [2.05, 4.69) is 4.98 Å². The van der Waals surface area contributed by atoms with Crippen molar-refractivity contribution in [2.24, 2.45) is 5.41 Å². The van der Waals surface area contributed by atoms with Crippen molar-refractivity contribution in [3.8, 4) is 16.5 Å². The van der Waals surface area contributed by atoms with E-state index in [9.17, 15) is 19.5 Å². The Morgan fingerprint density at radius 1 is 1.20 bits per heavy atom. The zero-order valence-corrected chi connectivity index (χ0v) is 26.8. The lowest BCUT2D eigenvalue weighted by Crippen LogP contribution is -2.67. The second-order valence-corrected chi connectivity index (χ2v) is 13.6. The number of thiophene rings is 1. The van der Waals surface area contributed by atoms with Gasteiger partial charge in [0.05, 0.1) is 48.3 Å². The van der Waals surface area contributed by atoms with Crippen molar-refractivity contribution in [1.29, 1.82) is 0 Å². The van der Waals surface area contributed by atoms with E-state index in [1.54, 1.807) is 11.7 Å². The zero-order valence-electron chi connectivity index (χ0n) is 26.0. The van der Waals surface area contributed by atoms with Gasteiger partial charge in [0.1, 0.15) is 22.9 Å². The van der Waals surface area contributed by atoms with Crippen LogP contribution in [0.25, 0.3) is 21.0 Å². The molecule has 1 amide bonds. The van der Waals surface area contributed by atoms with Crippen LogP contribution in [0.2, 0.25) is 0 Å². The fraction of sp³-hybridized carbons (Fsp3) is 0.500. The summed E-state index contributed by atoms with van der Waals surface area (Å²) in [6.45, 7) is 8.85. The Labute approximate surface area is 263 Å². The molecule has 3 aromatic heterocycles. The van der Waals surface area contributed by atoms with Gasteiger partial charge >= 0.3 is 11.8 Å². The summed E-state index contributed by atoms with van der Waals surface area (Å²) in [6.07, 6.45) is 2.64. The fourth-order valence-corrected chi connectivity index (χ4v) is 7.91. The molecule has 2 fully saturated rings. The number of likely N-dealkylation sites (tertiary alicyclic amines) is 1. The maximum atomic E-state index is 14.6. The monoisotopic (exact) mass is 638 g/mol. The number of nitrogens with zero attached hydrogens (tertiary/aromatic N) is 4. The van der Waals surface area contributed by atoms with Crippen molar-refractivity contribution in [3.05, 3.63) is 68.7 Å². The average Bonchev–Trinajstić information content (AvgIpc) is 3.63. The molecule has 0 saturated carbocycles. The summed E-state index contributed by atoms with van der Waals surface area (Å²) in [6, 6.07) is 6.32. The molecule has 1 aromatic carbocycles. The van der Waals surface area contributed by atoms with Gasteiger partial charge in [-0.25, -0.2) is 14.6 Å². The largest absolute Gasteiger partial charge is 0.496 e. The normalized spacial score (nSPS) is 19.9. The van der Waals surface area contributed by atoms with Crippen LogP contribution in [0.1, 0.15) is 56.9 Å². The molecule has 5 heterocycles. The molecule has 1 N–H and O–H groups in total. The van der Waals surface area contributed by atoms with E-state index in [1.165, 1.54) is 33.3 Å². The first kappa shape index (κ1) is 31.1. The number of amides is 1. The number of methoxy groups -OCH3 is 1. The van der Waals surface area contributed by atoms with E-state index in [4.69, 9.17) is 18.6 Å². The van der Waals surface area contributed by atoms with E-state index in [0.29, 0.717) is 58.4 Å². The Bertz CT molecular complexity index is 1810. The van der Waals surface area contributed by atoms with Crippen LogP contribution in [0.3, 0.4) is 0 Å². The van der Waals surface area contributed by atoms with E-state index in [-0.39, 0.29) is 19.2 Å². The van der Waals surface area contributed by atoms with Crippen molar-refractivity contribution in [3.63, 3.8) is 0 Å². The molecule has 0 radical (unpaired) electrons. The molecule has 13 heteroatoms. The van der Waals surface area contributed by atoms with Crippen LogP contribution in [0.15, 0.2) is 50.7 Å². The van der Waals surface area contributed by atoms with E-state index >= 15 is 0 Å². The number of ether oxygens (including phenoxy) is 3. The molecule has 3 unspecified atom stereocenters. The van der Waals surface area contributed by atoms with E-state index in [1.807, 2.05) is 52.0 Å². The number of hydrogen-bond donors (Lipinski definition) is 1. The van der Waals surface area contributed by atoms with Crippen LogP contribution in [-0.2, 0) is 16.0 Å². The van der Waals surface area contributed by atoms with Crippen molar-refractivity contribution >= 4 is 27.6 Å². The van der Waals surface area contributed by atoms with E-state index < -0.39 is 40.9 Å². The molecular weight excluding hydrogens is 600 g/mol. The minimum absolute atomic E-state index is 0.0300. The Morgan fingerprint density at radius 2 is 1.93 bits per heavy atom. The Kier molecular flexibility index (Phi) is 8.35. The molecule has 6 rings (SSSR count). The third-order valence-electron chi connectivity index (χ3n) is 8.78. The zero-order chi connectivity index (χ0) is 32.0. The van der Waals surface area contributed by atoms with Gasteiger partial charge in [-0.05, 0) is 36.8 Å². The van der Waals surface area contributed by atoms with Gasteiger partial charge in [0, 0.05) is 25.3 Å². The van der Waals surface area contributed by atoms with Crippen molar-refractivity contribution in [2.75, 3.05) is 26.9 Å². The van der Waals surface area contributed by atoms with Gasteiger partial charge in [0.15, 0.2) is 0 Å². The lowest BCUT2D eigenvalue weighted by atomic mass is 9.76. The van der Waals surface area contributed by atoms with E-state index in [0.717, 1.165) is 5.56 Å². The molecule has 2 aliphatic rings. The topological polar surface area (TPSA) is 138 Å². The fourth-order valence-electron chi connectivity index (χ4n) is 6.66. The summed E-state index contributed by atoms with van der Waals surface area (Å²) >= 11 is 1.27. The highest BCUT2D eigenvalue weighted by Gasteiger charge is 2.51. The van der Waals surface area contributed by atoms with Crippen molar-refractivity contribution in [1.82, 2.24) is 19.0 Å². The smallest absolute Gasteiger partial charge is 0.407 e. The van der Waals surface area contributed by atoms with Gasteiger partial charge in [-0.2, -0.15) is 0 Å². The van der Waals surface area contributed by atoms with Gasteiger partial charge in [-0.15, -0.1) is 11.3 Å². The first-order chi connectivity index (χ1) is 21.5. The summed E-state index contributed by atoms with van der Waals surface area (Å²) in [7, 11) is 1.59. The third-order valence-corrected chi connectivity index (χ3v) is 10.1. The predicted molar refractivity (Wildman–Crippen MR) is 168 cm³/mol. The third kappa shape index (κ3) is 5.57. The van der Waals surface area contributed by atoms with Crippen molar-refractivity contribution < 1.29 is 28.5 Å². The van der Waals surface area contributed by atoms with Crippen LogP contribution in [0.4, 0.5) is 4.79 Å². The lowest BCUT2D eigenvalue weighted by Gasteiger charge is -2.52. The molecular formula is C32H38N4O8S. The van der Waals surface area contributed by atoms with Gasteiger partial charge in [-0.3, -0.25) is 13.9 Å². The molecule has 3 atom stereocenters. The van der Waals surface area contributed by atoms with Gasteiger partial charge in [0.25, 0.3) is 5.56 Å². The van der Waals surface area contributed by atoms with Gasteiger partial charge < -0.3 is 28.6 Å². The Hall–Kier alpha value is -3.94. The first-order valence-electron chi connectivity index (χ1n) is 15.0. The molecule has 4 aromatic rings. The molecule has 2 aliphatic heterocycles. The number of aryl methyl sites for hydroxylation is 1. The number of benzene rings is 1. The second-order valence-electron chi connectivity index (χ2n) is 12.6. The highest BCUT2D eigenvalue weighted by atomic mass is 32.1. The molecule has 45 heavy (non-hydrogen) atoms. The van der Waals surface area contributed by atoms with Crippen LogP contribution >= 0.6 is 11.3 Å². The highest BCUT2D eigenvalue weighted by Crippen LogP contribution is 2.42. The number of aromatic nitrogens is 3. The van der Waals surface area contributed by atoms with Gasteiger partial charge in [0.2, 0.25) is 5.89 Å². The molecule has 0 bridgehead atoms. The highest BCUT2D eigenvalue weighted by molar-refractivity contribution is 7.22. The SMILES string of the molecule is COc1ccccc1C(Cn1c(=O)n(C2CN(C(=O)O)C2C(C)(C)C)c(=O)c2c(C)c(-c3ncco3)sc21)OC1CCOCC1. The standard InChI is InChI=1S/C32H38N4O8S/c1-18-24-28(37)36(21-16-34(31(39)40)26(21)32(2,3)4)30(38)35(29(24)45-25(18)27-33-12-15-43-27)17-23(44-19-10-13-42-14-11-19)20-8-6-7-9-22(20)41-5/h6-9,12,15,19,21,23,26H,10-11,13-14,16-17H2,1-5H3,(H,39,40). The molecule has 0 aliphatic carbocycles. The summed E-state index contributed by atoms with van der Waals surface area (Å²) in [5, 5.41) is 10.3. The summed E-state index contributed by atoms with van der Waals surface area (Å²) in [5.74, 6) is 0.977. The number of fused-ring (bicyclic) bond motifs is 1. The summed E-state index contributed by atoms with van der Waals surface area (Å²) in [5.41, 5.74) is -0.0928. The van der Waals surface area contributed by atoms with Crippen LogP contribution in [0, 0.1) is 12.3 Å². The average molecular weight is 639 g/mol. The van der Waals surface area contributed by atoms with Gasteiger partial charge in [-0.1, -0.05) is 39.0 Å². The number of carboxylic acid groups (broad SMARTS) is 1. The number of carbonyl (C=O) groups is 1. The van der Waals surface area contributed by atoms with Crippen LogP contribution in [0.5, 0.6) is 5.75 Å². The number of rotatable bonds is 8. The second kappa shape index (κ2) is 12.1. The minimum atomic E-state index is -1.08. The molecule has 0 spiro atoms. The maximum Gasteiger partial charge on any atom is 0.407 e. The molecule has 2 saturated heterocycles. The Morgan fingerprint density at radius 3 is 2.58 bits per heavy atom. The lowest BCUT2D eigenvalue weighted by molar-refractivity contribution is -0.0756. The summed E-state index contributed by atoms with van der Waals surface area (Å²) < 4.78 is 26.4. The maximum absolute atomic E-state index is 14.6. The molecule has 240 valence electrons. The predicted octanol–water partition coefficient (Wildman–Crippen LogP) is 5.08. The number of hydrogen-bond acceptors (Lipinski definition) is 9. The van der Waals surface area contributed by atoms with Crippen LogP contribution in [-0.4, -0.2) is 69.2 Å². The molecule has 12 nitrogen and oxygen atoms in total.